The number of hydrogen-bond acceptors (Lipinski definition) is 0. The summed E-state index contributed by atoms with van der Waals surface area (Å²) in [4.78, 5) is 0. The molecule has 0 aromatic carbocycles. The molecule has 0 saturated carbocycles. The Hall–Kier alpha value is 2.99. The summed E-state index contributed by atoms with van der Waals surface area (Å²) in [6, 6.07) is 0. The van der Waals surface area contributed by atoms with E-state index in [1.807, 2.05) is 0 Å². The van der Waals surface area contributed by atoms with Gasteiger partial charge in [-0.1, -0.05) is 0 Å². The van der Waals surface area contributed by atoms with E-state index in [2.05, 4.69) is 20.0 Å². The molecule has 0 heterocycles. The maximum Gasteiger partial charge on any atom is 1.00 e. The van der Waals surface area contributed by atoms with Crippen LogP contribution < -0.4 is 56.6 Å². The van der Waals surface area contributed by atoms with Gasteiger partial charge in [0.25, 0.3) is 0 Å². The van der Waals surface area contributed by atoms with Crippen molar-refractivity contribution in [2.24, 2.45) is 0 Å². The van der Waals surface area contributed by atoms with E-state index in [1.54, 1.807) is 0 Å². The van der Waals surface area contributed by atoms with Crippen molar-refractivity contribution in [2.45, 2.75) is 20.0 Å². The molecule has 4 heteroatoms. The SMILES string of the molecule is [CH3][La-3]([CH3])([CH3])([CH3])([CH3])[CH3].[Li+].[Li+].[Li+]. The van der Waals surface area contributed by atoms with E-state index < -0.39 is 24.4 Å². The third-order valence-corrected chi connectivity index (χ3v) is 0. The van der Waals surface area contributed by atoms with Gasteiger partial charge in [0.15, 0.2) is 0 Å². The van der Waals surface area contributed by atoms with E-state index in [0.717, 1.165) is 0 Å². The van der Waals surface area contributed by atoms with Crippen molar-refractivity contribution in [2.75, 3.05) is 0 Å². The van der Waals surface area contributed by atoms with Gasteiger partial charge in [0.2, 0.25) is 0 Å². The zero-order valence-corrected chi connectivity index (χ0v) is 13.2. The average Bonchev–Trinajstić information content (AvgIpc) is 0.592. The van der Waals surface area contributed by atoms with E-state index >= 15 is 0 Å². The molecule has 0 fully saturated rings. The molecular weight excluding hydrogens is 232 g/mol. The Bertz CT molecular complexity index is 71.6. The zero-order chi connectivity index (χ0) is 6.41. The number of rotatable bonds is 0. The van der Waals surface area contributed by atoms with Gasteiger partial charge < -0.3 is 0 Å². The molecule has 0 aromatic heterocycles. The van der Waals surface area contributed by atoms with E-state index in [4.69, 9.17) is 0 Å². The van der Waals surface area contributed by atoms with E-state index in [1.165, 1.54) is 0 Å². The van der Waals surface area contributed by atoms with Gasteiger partial charge in [-0.05, 0) is 0 Å². The van der Waals surface area contributed by atoms with Crippen molar-refractivity contribution in [3.8, 4) is 0 Å². The molecule has 0 rings (SSSR count). The summed E-state index contributed by atoms with van der Waals surface area (Å²) in [6.07, 6.45) is 0. The first-order valence-electron chi connectivity index (χ1n) is 3.46. The van der Waals surface area contributed by atoms with Crippen LogP contribution >= 0.6 is 0 Å². The molecule has 0 bridgehead atoms. The van der Waals surface area contributed by atoms with Gasteiger partial charge in [0.05, 0.1) is 0 Å². The monoisotopic (exact) mass is 250 g/mol. The predicted octanol–water partition coefficient (Wildman–Crippen LogP) is -5.49. The summed E-state index contributed by atoms with van der Waals surface area (Å²) in [5, 5.41) is 0. The second-order valence-corrected chi connectivity index (χ2v) is 63.0. The Morgan fingerprint density at radius 3 is 0.500 bits per heavy atom. The van der Waals surface area contributed by atoms with Crippen molar-refractivity contribution in [3.05, 3.63) is 0 Å². The topological polar surface area (TPSA) is 0 Å². The van der Waals surface area contributed by atoms with Crippen molar-refractivity contribution in [3.63, 3.8) is 0 Å². The molecule has 0 spiro atoms. The van der Waals surface area contributed by atoms with Crippen LogP contribution in [0.25, 0.3) is 0 Å². The quantitative estimate of drug-likeness (QED) is 0.376. The van der Waals surface area contributed by atoms with Crippen LogP contribution in [0.3, 0.4) is 0 Å². The molecule has 10 heavy (non-hydrogen) atoms. The molecule has 0 radical (unpaired) electrons. The van der Waals surface area contributed by atoms with Crippen molar-refractivity contribution in [1.29, 1.82) is 0 Å². The van der Waals surface area contributed by atoms with Gasteiger partial charge in [-0.15, -0.1) is 0 Å². The Morgan fingerprint density at radius 2 is 0.500 bits per heavy atom. The molecule has 0 N–H and O–H groups in total. The Morgan fingerprint density at radius 1 is 0.500 bits per heavy atom. The Labute approximate surface area is 98.8 Å². The smallest absolute Gasteiger partial charge is 1.00 e. The molecule has 0 aliphatic carbocycles. The summed E-state index contributed by atoms with van der Waals surface area (Å²) >= 11 is -2.44. The third kappa shape index (κ3) is 123. The summed E-state index contributed by atoms with van der Waals surface area (Å²) in [5.74, 6) is 0. The predicted molar refractivity (Wildman–Crippen MR) is 35.2 cm³/mol. The maximum atomic E-state index is 2.44. The molecule has 0 saturated heterocycles. The van der Waals surface area contributed by atoms with Gasteiger partial charge in [0.1, 0.15) is 0 Å². The molecule has 0 atom stereocenters. The van der Waals surface area contributed by atoms with E-state index in [-0.39, 0.29) is 56.6 Å². The van der Waals surface area contributed by atoms with Crippen LogP contribution in [-0.2, 0) is 0 Å². The van der Waals surface area contributed by atoms with Gasteiger partial charge in [-0.2, -0.15) is 0 Å². The van der Waals surface area contributed by atoms with E-state index in [9.17, 15) is 0 Å². The van der Waals surface area contributed by atoms with Crippen LogP contribution in [0.1, 0.15) is 0 Å². The second-order valence-electron chi connectivity index (χ2n) is 8.66. The van der Waals surface area contributed by atoms with Crippen molar-refractivity contribution >= 4 is 0 Å². The molecule has 48 valence electrons. The van der Waals surface area contributed by atoms with Gasteiger partial charge >= 0.3 is 101 Å². The second kappa shape index (κ2) is 4.47. The number of hydrogen-bond donors (Lipinski definition) is 0. The Kier molecular flexibility index (Phi) is 10.3. The maximum absolute atomic E-state index is 2.44. The van der Waals surface area contributed by atoms with Crippen LogP contribution in [0.4, 0.5) is 0 Å². The minimum atomic E-state index is -2.44. The summed E-state index contributed by atoms with van der Waals surface area (Å²) < 4.78 is 14.7. The molecular formula is C6H18LaLi3. The minimum Gasteiger partial charge on any atom is 1.00 e. The summed E-state index contributed by atoms with van der Waals surface area (Å²) in [5.41, 5.74) is 0. The van der Waals surface area contributed by atoms with Gasteiger partial charge in [-0.3, -0.25) is 0 Å². The minimum absolute atomic E-state index is 0. The zero-order valence-electron chi connectivity index (χ0n) is 9.58. The first kappa shape index (κ1) is 23.1. The first-order valence-corrected chi connectivity index (χ1v) is 25.2. The van der Waals surface area contributed by atoms with Crippen molar-refractivity contribution in [1.82, 2.24) is 0 Å². The molecule has 0 unspecified atom stereocenters. The third-order valence-electron chi connectivity index (χ3n) is 0. The van der Waals surface area contributed by atoms with Crippen LogP contribution in [0.2, 0.25) is 20.0 Å². The summed E-state index contributed by atoms with van der Waals surface area (Å²) in [7, 11) is 0. The van der Waals surface area contributed by atoms with Crippen LogP contribution in [0.5, 0.6) is 0 Å². The standard InChI is InChI=1S/6CH3.La.3Li/h6*1H3;;;;/q;;;;;;-3;3*+1. The fraction of sp³-hybridized carbons (Fsp3) is 1.00. The van der Waals surface area contributed by atoms with E-state index in [0.29, 0.717) is 0 Å². The largest absolute Gasteiger partial charge is 1.00 e. The Balaban J connectivity index is -0.0000000600. The molecule has 0 nitrogen and oxygen atoms in total. The van der Waals surface area contributed by atoms with Crippen molar-refractivity contribution < 1.29 is 81.0 Å². The summed E-state index contributed by atoms with van der Waals surface area (Å²) in [6.45, 7) is 0. The molecule has 0 aliphatic rings. The fourth-order valence-corrected chi connectivity index (χ4v) is 0. The van der Waals surface area contributed by atoms with Gasteiger partial charge in [-0.25, -0.2) is 0 Å². The fourth-order valence-electron chi connectivity index (χ4n) is 0. The van der Waals surface area contributed by atoms with Crippen LogP contribution in [0.15, 0.2) is 0 Å². The van der Waals surface area contributed by atoms with Crippen LogP contribution in [-0.4, -0.2) is 0 Å². The van der Waals surface area contributed by atoms with Crippen LogP contribution in [0, 0.1) is 24.4 Å². The molecule has 0 aromatic rings. The molecule has 0 amide bonds. The average molecular weight is 250 g/mol. The van der Waals surface area contributed by atoms with Gasteiger partial charge in [0, 0.05) is 0 Å². The first-order chi connectivity index (χ1) is 2.45. The normalized spacial score (nSPS) is 16.2. The molecule has 0 aliphatic heterocycles.